The van der Waals surface area contributed by atoms with Crippen LogP contribution in [0.15, 0.2) is 40.5 Å². The molecule has 2 N–H and O–H groups in total. The molecule has 0 radical (unpaired) electrons. The number of halogens is 6. The number of nitrogens with zero attached hydrogens (tertiary/aromatic N) is 4. The number of hydrogen-bond acceptors (Lipinski definition) is 7. The minimum atomic E-state index is -4.79. The maximum Gasteiger partial charge on any atom is 0.391 e. The Labute approximate surface area is 200 Å². The molecule has 1 aliphatic carbocycles. The van der Waals surface area contributed by atoms with Crippen molar-refractivity contribution in [2.45, 2.75) is 66.2 Å². The second-order valence-electron chi connectivity index (χ2n) is 8.27. The van der Waals surface area contributed by atoms with Crippen molar-refractivity contribution in [3.05, 3.63) is 30.6 Å². The Morgan fingerprint density at radius 1 is 1.06 bits per heavy atom. The summed E-state index contributed by atoms with van der Waals surface area (Å²) >= 11 is 1.28. The van der Waals surface area contributed by atoms with Gasteiger partial charge in [0.15, 0.2) is 5.65 Å². The monoisotopic (exact) mass is 521 g/mol. The number of nitrogens with two attached hydrogens (primary N) is 1. The number of anilines is 1. The lowest BCUT2D eigenvalue weighted by Gasteiger charge is -2.26. The standard InChI is InChI=1S/C21H21F6N5O2S/c1-33-12-2-4-14(5-3-12)35-17-15-16(30-18(28)31-17)32(11-29-15)10-19(6-7-19)34-13(8-20(22,23)24)9-21(25,26)27/h2-5,11,13H,6-10H2,1H3,(H2,28,30,31). The van der Waals surface area contributed by atoms with Gasteiger partial charge in [-0.25, -0.2) is 9.97 Å². The van der Waals surface area contributed by atoms with Crippen molar-refractivity contribution in [1.29, 1.82) is 0 Å². The van der Waals surface area contributed by atoms with Crippen LogP contribution in [0.5, 0.6) is 5.75 Å². The van der Waals surface area contributed by atoms with Crippen molar-refractivity contribution in [3.63, 3.8) is 0 Å². The Kier molecular flexibility index (Phi) is 6.79. The highest BCUT2D eigenvalue weighted by Crippen LogP contribution is 2.45. The molecule has 4 rings (SSSR count). The molecule has 2 aromatic heterocycles. The Morgan fingerprint density at radius 2 is 1.69 bits per heavy atom. The van der Waals surface area contributed by atoms with E-state index in [2.05, 4.69) is 15.0 Å². The fraction of sp³-hybridized carbons (Fsp3) is 0.476. The Bertz CT molecular complexity index is 1160. The predicted molar refractivity (Wildman–Crippen MR) is 115 cm³/mol. The first kappa shape index (κ1) is 25.4. The summed E-state index contributed by atoms with van der Waals surface area (Å²) in [7, 11) is 1.55. The normalized spacial score (nSPS) is 15.7. The van der Waals surface area contributed by atoms with Crippen molar-refractivity contribution in [3.8, 4) is 5.75 Å². The van der Waals surface area contributed by atoms with E-state index in [0.717, 1.165) is 4.90 Å². The van der Waals surface area contributed by atoms with Crippen molar-refractivity contribution in [2.75, 3.05) is 12.8 Å². The first-order chi connectivity index (χ1) is 16.3. The van der Waals surface area contributed by atoms with E-state index < -0.39 is 36.9 Å². The van der Waals surface area contributed by atoms with E-state index in [-0.39, 0.29) is 12.5 Å². The molecule has 0 spiro atoms. The number of nitrogen functional groups attached to an aromatic ring is 1. The molecule has 0 saturated heterocycles. The molecule has 3 aromatic rings. The van der Waals surface area contributed by atoms with Crippen LogP contribution >= 0.6 is 11.8 Å². The second-order valence-corrected chi connectivity index (χ2v) is 9.33. The zero-order valence-corrected chi connectivity index (χ0v) is 19.2. The largest absolute Gasteiger partial charge is 0.497 e. The third-order valence-electron chi connectivity index (χ3n) is 5.32. The summed E-state index contributed by atoms with van der Waals surface area (Å²) in [5.74, 6) is 0.628. The van der Waals surface area contributed by atoms with Gasteiger partial charge >= 0.3 is 12.4 Å². The first-order valence-electron chi connectivity index (χ1n) is 10.5. The molecule has 0 amide bonds. The summed E-state index contributed by atoms with van der Waals surface area (Å²) in [6, 6.07) is 7.18. The molecule has 0 aliphatic heterocycles. The van der Waals surface area contributed by atoms with Gasteiger partial charge in [0.1, 0.15) is 16.3 Å². The molecule has 190 valence electrons. The number of methoxy groups -OCH3 is 1. The van der Waals surface area contributed by atoms with Crippen molar-refractivity contribution in [1.82, 2.24) is 19.5 Å². The number of ether oxygens (including phenoxy) is 2. The van der Waals surface area contributed by atoms with Crippen molar-refractivity contribution < 1.29 is 35.8 Å². The molecule has 35 heavy (non-hydrogen) atoms. The van der Waals surface area contributed by atoms with Gasteiger partial charge in [0.05, 0.1) is 44.5 Å². The minimum Gasteiger partial charge on any atom is -0.497 e. The average Bonchev–Trinajstić information content (AvgIpc) is 3.36. The molecule has 0 atom stereocenters. The highest BCUT2D eigenvalue weighted by Gasteiger charge is 2.50. The third-order valence-corrected chi connectivity index (χ3v) is 6.31. The highest BCUT2D eigenvalue weighted by molar-refractivity contribution is 7.99. The average molecular weight is 521 g/mol. The maximum atomic E-state index is 12.9. The van der Waals surface area contributed by atoms with E-state index in [1.807, 2.05) is 12.1 Å². The number of imidazole rings is 1. The smallest absolute Gasteiger partial charge is 0.391 e. The van der Waals surface area contributed by atoms with E-state index in [9.17, 15) is 26.3 Å². The van der Waals surface area contributed by atoms with Crippen LogP contribution in [0.3, 0.4) is 0 Å². The van der Waals surface area contributed by atoms with Crippen LogP contribution in [-0.4, -0.2) is 50.7 Å². The summed E-state index contributed by atoms with van der Waals surface area (Å²) in [6.07, 6.45) is -12.9. The molecule has 1 aliphatic rings. The molecule has 2 heterocycles. The molecule has 1 saturated carbocycles. The lowest BCUT2D eigenvalue weighted by Crippen LogP contribution is -2.34. The van der Waals surface area contributed by atoms with Gasteiger partial charge in [0.2, 0.25) is 5.95 Å². The maximum absolute atomic E-state index is 12.9. The van der Waals surface area contributed by atoms with Crippen LogP contribution in [0.25, 0.3) is 11.2 Å². The van der Waals surface area contributed by atoms with Gasteiger partial charge in [-0.05, 0) is 37.1 Å². The number of rotatable bonds is 9. The summed E-state index contributed by atoms with van der Waals surface area (Å²) in [5.41, 5.74) is 5.42. The van der Waals surface area contributed by atoms with E-state index in [1.165, 1.54) is 22.7 Å². The number of fused-ring (bicyclic) bond motifs is 1. The van der Waals surface area contributed by atoms with Crippen LogP contribution in [0.4, 0.5) is 32.3 Å². The Morgan fingerprint density at radius 3 is 2.23 bits per heavy atom. The van der Waals surface area contributed by atoms with Gasteiger partial charge < -0.3 is 19.8 Å². The fourth-order valence-electron chi connectivity index (χ4n) is 3.67. The van der Waals surface area contributed by atoms with E-state index in [4.69, 9.17) is 15.2 Å². The number of hydrogen-bond donors (Lipinski definition) is 1. The van der Waals surface area contributed by atoms with Crippen LogP contribution in [0.2, 0.25) is 0 Å². The molecular formula is C21H21F6N5O2S. The van der Waals surface area contributed by atoms with Crippen molar-refractivity contribution >= 4 is 28.9 Å². The molecule has 0 bridgehead atoms. The predicted octanol–water partition coefficient (Wildman–Crippen LogP) is 5.39. The molecular weight excluding hydrogens is 500 g/mol. The minimum absolute atomic E-state index is 0.0151. The van der Waals surface area contributed by atoms with Crippen molar-refractivity contribution in [2.24, 2.45) is 0 Å². The van der Waals surface area contributed by atoms with Crippen LogP contribution < -0.4 is 10.5 Å². The van der Waals surface area contributed by atoms with Gasteiger partial charge in [0.25, 0.3) is 0 Å². The third kappa shape index (κ3) is 6.69. The van der Waals surface area contributed by atoms with Crippen LogP contribution in [0.1, 0.15) is 25.7 Å². The van der Waals surface area contributed by atoms with Crippen LogP contribution in [0, 0.1) is 0 Å². The Hall–Kier alpha value is -2.74. The van der Waals surface area contributed by atoms with Gasteiger partial charge in [-0.3, -0.25) is 0 Å². The van der Waals surface area contributed by atoms with Gasteiger partial charge in [0, 0.05) is 4.90 Å². The quantitative estimate of drug-likeness (QED) is 0.298. The number of alkyl halides is 6. The first-order valence-corrected chi connectivity index (χ1v) is 11.3. The Balaban J connectivity index is 1.56. The molecule has 1 fully saturated rings. The van der Waals surface area contributed by atoms with Gasteiger partial charge in [-0.1, -0.05) is 11.8 Å². The summed E-state index contributed by atoms with van der Waals surface area (Å²) in [4.78, 5) is 13.6. The highest BCUT2D eigenvalue weighted by atomic mass is 32.2. The summed E-state index contributed by atoms with van der Waals surface area (Å²) in [6.45, 7) is -0.0151. The fourth-order valence-corrected chi connectivity index (χ4v) is 4.54. The van der Waals surface area contributed by atoms with E-state index in [0.29, 0.717) is 34.8 Å². The van der Waals surface area contributed by atoms with E-state index >= 15 is 0 Å². The lowest BCUT2D eigenvalue weighted by atomic mass is 10.1. The molecule has 0 unspecified atom stereocenters. The molecule has 14 heteroatoms. The second kappa shape index (κ2) is 9.37. The van der Waals surface area contributed by atoms with Crippen LogP contribution in [-0.2, 0) is 11.3 Å². The van der Waals surface area contributed by atoms with E-state index in [1.54, 1.807) is 19.2 Å². The lowest BCUT2D eigenvalue weighted by molar-refractivity contribution is -0.206. The zero-order chi connectivity index (χ0) is 25.4. The number of benzene rings is 1. The van der Waals surface area contributed by atoms with Gasteiger partial charge in [-0.15, -0.1) is 0 Å². The summed E-state index contributed by atoms with van der Waals surface area (Å²) < 4.78 is 89.3. The topological polar surface area (TPSA) is 88.1 Å². The SMILES string of the molecule is COc1ccc(Sc2nc(N)nc3c2ncn3CC2(OC(CC(F)(F)F)CC(F)(F)F)CC2)cc1. The molecule has 1 aromatic carbocycles. The van der Waals surface area contributed by atoms with Gasteiger partial charge in [-0.2, -0.15) is 31.3 Å². The zero-order valence-electron chi connectivity index (χ0n) is 18.4. The number of aromatic nitrogens is 4. The summed E-state index contributed by atoms with van der Waals surface area (Å²) in [5, 5.41) is 0.453. The molecule has 7 nitrogen and oxygen atoms in total.